The number of amides is 4. The smallest absolute Gasteiger partial charge is 0.324 e. The molecule has 1 atom stereocenters. The minimum absolute atomic E-state index is 0.0783. The molecule has 0 spiro atoms. The zero-order valence-corrected chi connectivity index (χ0v) is 15.0. The van der Waals surface area contributed by atoms with Gasteiger partial charge in [-0.3, -0.25) is 14.5 Å². The van der Waals surface area contributed by atoms with Crippen LogP contribution in [0.5, 0.6) is 0 Å². The van der Waals surface area contributed by atoms with Crippen LogP contribution >= 0.6 is 0 Å². The van der Waals surface area contributed by atoms with Gasteiger partial charge in [0.1, 0.15) is 6.04 Å². The molecule has 1 saturated heterocycles. The van der Waals surface area contributed by atoms with E-state index in [2.05, 4.69) is 24.5 Å². The van der Waals surface area contributed by atoms with E-state index in [1.54, 1.807) is 0 Å². The van der Waals surface area contributed by atoms with Gasteiger partial charge >= 0.3 is 6.03 Å². The Morgan fingerprint density at radius 2 is 1.96 bits per heavy atom. The maximum atomic E-state index is 12.4. The molecule has 1 aromatic carbocycles. The van der Waals surface area contributed by atoms with Gasteiger partial charge in [0.05, 0.1) is 0 Å². The van der Waals surface area contributed by atoms with Crippen LogP contribution in [0.1, 0.15) is 38.7 Å². The summed E-state index contributed by atoms with van der Waals surface area (Å²) in [5.41, 5.74) is 1.08. The van der Waals surface area contributed by atoms with Crippen molar-refractivity contribution >= 4 is 17.8 Å². The van der Waals surface area contributed by atoms with Crippen molar-refractivity contribution in [2.45, 2.75) is 45.6 Å². The summed E-state index contributed by atoms with van der Waals surface area (Å²) in [5.74, 6) is 0.218. The SMILES string of the molecule is CC(C)CCNC(=O)CCC1NC(=O)N(CCc2ccccc2)C1=O. The quantitative estimate of drug-likeness (QED) is 0.673. The normalized spacial score (nSPS) is 17.1. The van der Waals surface area contributed by atoms with Crippen LogP contribution in [0.25, 0.3) is 0 Å². The van der Waals surface area contributed by atoms with E-state index in [9.17, 15) is 14.4 Å². The highest BCUT2D eigenvalue weighted by atomic mass is 16.2. The summed E-state index contributed by atoms with van der Waals surface area (Å²) in [6.07, 6.45) is 2.13. The number of benzene rings is 1. The van der Waals surface area contributed by atoms with Crippen molar-refractivity contribution in [3.05, 3.63) is 35.9 Å². The maximum Gasteiger partial charge on any atom is 0.324 e. The number of nitrogens with one attached hydrogen (secondary N) is 2. The number of hydrogen-bond donors (Lipinski definition) is 2. The van der Waals surface area contributed by atoms with Gasteiger partial charge in [0.2, 0.25) is 5.91 Å². The zero-order chi connectivity index (χ0) is 18.2. The van der Waals surface area contributed by atoms with E-state index < -0.39 is 6.04 Å². The summed E-state index contributed by atoms with van der Waals surface area (Å²) in [6.45, 7) is 5.20. The van der Waals surface area contributed by atoms with Crippen molar-refractivity contribution < 1.29 is 14.4 Å². The molecule has 0 aliphatic carbocycles. The molecular formula is C19H27N3O3. The fourth-order valence-corrected chi connectivity index (χ4v) is 2.73. The standard InChI is InChI=1S/C19H27N3O3/c1-14(2)10-12-20-17(23)9-8-16-18(24)22(19(25)21-16)13-11-15-6-4-3-5-7-15/h3-7,14,16H,8-13H2,1-2H3,(H,20,23)(H,21,25). The maximum absolute atomic E-state index is 12.4. The van der Waals surface area contributed by atoms with Crippen molar-refractivity contribution in [1.29, 1.82) is 0 Å². The summed E-state index contributed by atoms with van der Waals surface area (Å²) in [7, 11) is 0. The predicted molar refractivity (Wildman–Crippen MR) is 95.9 cm³/mol. The molecule has 0 aromatic heterocycles. The Bertz CT molecular complexity index is 601. The number of rotatable bonds is 9. The average Bonchev–Trinajstić information content (AvgIpc) is 2.85. The van der Waals surface area contributed by atoms with E-state index in [0.717, 1.165) is 12.0 Å². The van der Waals surface area contributed by atoms with Crippen LogP contribution in [0, 0.1) is 5.92 Å². The van der Waals surface area contributed by atoms with Crippen molar-refractivity contribution in [2.75, 3.05) is 13.1 Å². The van der Waals surface area contributed by atoms with Gasteiger partial charge in [-0.2, -0.15) is 0 Å². The van der Waals surface area contributed by atoms with Gasteiger partial charge in [-0.25, -0.2) is 4.79 Å². The van der Waals surface area contributed by atoms with Gasteiger partial charge in [-0.1, -0.05) is 44.2 Å². The van der Waals surface area contributed by atoms with E-state index in [1.807, 2.05) is 30.3 Å². The monoisotopic (exact) mass is 345 g/mol. The van der Waals surface area contributed by atoms with Gasteiger partial charge < -0.3 is 10.6 Å². The number of hydrogen-bond acceptors (Lipinski definition) is 3. The Kier molecular flexibility index (Phi) is 6.98. The molecule has 1 aliphatic rings. The van der Waals surface area contributed by atoms with Crippen LogP contribution in [0.15, 0.2) is 30.3 Å². The van der Waals surface area contributed by atoms with Crippen LogP contribution in [0.4, 0.5) is 4.79 Å². The Labute approximate surface area is 149 Å². The fourth-order valence-electron chi connectivity index (χ4n) is 2.73. The first-order valence-electron chi connectivity index (χ1n) is 8.90. The molecular weight excluding hydrogens is 318 g/mol. The lowest BCUT2D eigenvalue weighted by Crippen LogP contribution is -2.34. The van der Waals surface area contributed by atoms with Crippen molar-refractivity contribution in [3.63, 3.8) is 0 Å². The third-order valence-corrected chi connectivity index (χ3v) is 4.28. The zero-order valence-electron chi connectivity index (χ0n) is 15.0. The summed E-state index contributed by atoms with van der Waals surface area (Å²) in [5, 5.41) is 5.52. The molecule has 6 heteroatoms. The molecule has 1 unspecified atom stereocenters. The number of carbonyl (C=O) groups excluding carboxylic acids is 3. The fraction of sp³-hybridized carbons (Fsp3) is 0.526. The van der Waals surface area contributed by atoms with Crippen molar-refractivity contribution in [3.8, 4) is 0 Å². The molecule has 1 fully saturated rings. The Balaban J connectivity index is 1.75. The molecule has 0 saturated carbocycles. The molecule has 0 bridgehead atoms. The minimum atomic E-state index is -0.598. The number of carbonyl (C=O) groups is 3. The number of urea groups is 1. The van der Waals surface area contributed by atoms with Crippen LogP contribution in [-0.2, 0) is 16.0 Å². The minimum Gasteiger partial charge on any atom is -0.356 e. The molecule has 25 heavy (non-hydrogen) atoms. The highest BCUT2D eigenvalue weighted by Gasteiger charge is 2.37. The van der Waals surface area contributed by atoms with Crippen LogP contribution in [-0.4, -0.2) is 41.9 Å². The Hall–Kier alpha value is -2.37. The second-order valence-electron chi connectivity index (χ2n) is 6.80. The van der Waals surface area contributed by atoms with Gasteiger partial charge in [0.25, 0.3) is 5.91 Å². The molecule has 2 N–H and O–H groups in total. The Morgan fingerprint density at radius 1 is 1.24 bits per heavy atom. The highest BCUT2D eigenvalue weighted by molar-refractivity contribution is 6.04. The molecule has 2 rings (SSSR count). The van der Waals surface area contributed by atoms with Crippen LogP contribution in [0.2, 0.25) is 0 Å². The third-order valence-electron chi connectivity index (χ3n) is 4.28. The van der Waals surface area contributed by atoms with Crippen LogP contribution < -0.4 is 10.6 Å². The first kappa shape index (κ1) is 19.0. The summed E-state index contributed by atoms with van der Waals surface area (Å²) in [4.78, 5) is 37.4. The van der Waals surface area contributed by atoms with Gasteiger partial charge in [0, 0.05) is 19.5 Å². The third kappa shape index (κ3) is 5.89. The first-order chi connectivity index (χ1) is 12.0. The molecule has 4 amide bonds. The summed E-state index contributed by atoms with van der Waals surface area (Å²) in [6, 6.07) is 8.77. The lowest BCUT2D eigenvalue weighted by molar-refractivity contribution is -0.127. The largest absolute Gasteiger partial charge is 0.356 e. The highest BCUT2D eigenvalue weighted by Crippen LogP contribution is 2.12. The van der Waals surface area contributed by atoms with Gasteiger partial charge in [0.15, 0.2) is 0 Å². The average molecular weight is 345 g/mol. The van der Waals surface area contributed by atoms with E-state index >= 15 is 0 Å². The van der Waals surface area contributed by atoms with E-state index in [0.29, 0.717) is 31.8 Å². The molecule has 6 nitrogen and oxygen atoms in total. The number of nitrogens with zero attached hydrogens (tertiary/aromatic N) is 1. The molecule has 136 valence electrons. The Morgan fingerprint density at radius 3 is 2.64 bits per heavy atom. The van der Waals surface area contributed by atoms with E-state index in [1.165, 1.54) is 4.90 Å². The van der Waals surface area contributed by atoms with E-state index in [-0.39, 0.29) is 24.3 Å². The van der Waals surface area contributed by atoms with Gasteiger partial charge in [-0.15, -0.1) is 0 Å². The summed E-state index contributed by atoms with van der Waals surface area (Å²) >= 11 is 0. The first-order valence-corrected chi connectivity index (χ1v) is 8.90. The summed E-state index contributed by atoms with van der Waals surface area (Å²) < 4.78 is 0. The lowest BCUT2D eigenvalue weighted by atomic mass is 10.1. The lowest BCUT2D eigenvalue weighted by Gasteiger charge is -2.13. The van der Waals surface area contributed by atoms with Crippen LogP contribution in [0.3, 0.4) is 0 Å². The van der Waals surface area contributed by atoms with E-state index in [4.69, 9.17) is 0 Å². The molecule has 0 radical (unpaired) electrons. The molecule has 1 aromatic rings. The van der Waals surface area contributed by atoms with Gasteiger partial charge in [-0.05, 0) is 30.7 Å². The van der Waals surface area contributed by atoms with Crippen molar-refractivity contribution in [2.24, 2.45) is 5.92 Å². The second kappa shape index (κ2) is 9.20. The number of imide groups is 1. The second-order valence-corrected chi connectivity index (χ2v) is 6.80. The molecule has 1 aliphatic heterocycles. The topological polar surface area (TPSA) is 78.5 Å². The predicted octanol–water partition coefficient (Wildman–Crippen LogP) is 2.09. The molecule has 1 heterocycles. The van der Waals surface area contributed by atoms with Crippen molar-refractivity contribution in [1.82, 2.24) is 15.5 Å².